The predicted octanol–water partition coefficient (Wildman–Crippen LogP) is 4.16. The average Bonchev–Trinajstić information content (AvgIpc) is 2.74. The van der Waals surface area contributed by atoms with Gasteiger partial charge in [0.05, 0.1) is 16.3 Å². The summed E-state index contributed by atoms with van der Waals surface area (Å²) in [6.07, 6.45) is 5.98. The van der Waals surface area contributed by atoms with E-state index < -0.39 is 0 Å². The van der Waals surface area contributed by atoms with Crippen molar-refractivity contribution >= 4 is 28.6 Å². The van der Waals surface area contributed by atoms with Gasteiger partial charge in [-0.25, -0.2) is 0 Å². The number of para-hydroxylation sites is 1. The number of rotatable bonds is 2. The number of nitrogens with one attached hydrogen (secondary N) is 1. The first-order valence-electron chi connectivity index (χ1n) is 7.43. The van der Waals surface area contributed by atoms with E-state index in [0.717, 1.165) is 29.0 Å². The number of anilines is 2. The molecule has 4 heteroatoms. The van der Waals surface area contributed by atoms with Crippen molar-refractivity contribution in [2.45, 2.75) is 39.0 Å². The first kappa shape index (κ1) is 14.1. The molecule has 0 atom stereocenters. The number of carbonyl (C=O) groups excluding carboxylic acids is 1. The van der Waals surface area contributed by atoms with Crippen molar-refractivity contribution in [2.75, 3.05) is 11.1 Å². The van der Waals surface area contributed by atoms with Crippen molar-refractivity contribution < 1.29 is 4.79 Å². The second-order valence-corrected chi connectivity index (χ2v) is 6.75. The zero-order chi connectivity index (χ0) is 14.8. The van der Waals surface area contributed by atoms with Gasteiger partial charge in [-0.3, -0.25) is 4.79 Å². The summed E-state index contributed by atoms with van der Waals surface area (Å²) in [5.41, 5.74) is 9.64. The van der Waals surface area contributed by atoms with E-state index in [0.29, 0.717) is 5.69 Å². The van der Waals surface area contributed by atoms with Crippen LogP contribution in [0.1, 0.15) is 44.9 Å². The van der Waals surface area contributed by atoms with E-state index in [-0.39, 0.29) is 5.91 Å². The maximum Gasteiger partial charge on any atom is 0.265 e. The van der Waals surface area contributed by atoms with E-state index in [1.807, 2.05) is 25.1 Å². The molecule has 0 bridgehead atoms. The summed E-state index contributed by atoms with van der Waals surface area (Å²) in [6, 6.07) is 7.73. The van der Waals surface area contributed by atoms with E-state index in [4.69, 9.17) is 5.73 Å². The Morgan fingerprint density at radius 3 is 2.86 bits per heavy atom. The van der Waals surface area contributed by atoms with Crippen LogP contribution < -0.4 is 11.1 Å². The number of nitrogen functional groups attached to an aromatic ring is 1. The number of aryl methyl sites for hydroxylation is 3. The molecule has 21 heavy (non-hydrogen) atoms. The Morgan fingerprint density at radius 1 is 1.24 bits per heavy atom. The third-order valence-electron chi connectivity index (χ3n) is 4.01. The summed E-state index contributed by atoms with van der Waals surface area (Å²) in [6.45, 7) is 1.95. The van der Waals surface area contributed by atoms with Crippen LogP contribution >= 0.6 is 11.3 Å². The van der Waals surface area contributed by atoms with Crippen LogP contribution in [0.5, 0.6) is 0 Å². The van der Waals surface area contributed by atoms with Crippen LogP contribution in [0.4, 0.5) is 11.4 Å². The minimum atomic E-state index is -0.0472. The number of thiophene rings is 1. The molecular formula is C17H20N2OS. The fourth-order valence-corrected chi connectivity index (χ4v) is 3.96. The van der Waals surface area contributed by atoms with Gasteiger partial charge in [-0.2, -0.15) is 0 Å². The molecule has 3 rings (SSSR count). The Balaban J connectivity index is 1.83. The molecule has 2 aromatic rings. The van der Waals surface area contributed by atoms with Crippen molar-refractivity contribution in [1.29, 1.82) is 0 Å². The van der Waals surface area contributed by atoms with E-state index in [1.54, 1.807) is 11.3 Å². The standard InChI is InChI=1S/C17H20N2OS/c1-11-6-5-8-13(18)16(11)19-17(20)15-10-12-7-3-2-4-9-14(12)21-15/h5-6,8,10H,2-4,7,9,18H2,1H3,(H,19,20). The third-order valence-corrected chi connectivity index (χ3v) is 5.25. The van der Waals surface area contributed by atoms with E-state index in [9.17, 15) is 4.79 Å². The highest BCUT2D eigenvalue weighted by atomic mass is 32.1. The lowest BCUT2D eigenvalue weighted by atomic mass is 10.1. The molecule has 110 valence electrons. The van der Waals surface area contributed by atoms with Crippen molar-refractivity contribution in [2.24, 2.45) is 0 Å². The summed E-state index contributed by atoms with van der Waals surface area (Å²) in [5, 5.41) is 2.97. The maximum absolute atomic E-state index is 12.5. The van der Waals surface area contributed by atoms with Gasteiger partial charge in [-0.05, 0) is 55.9 Å². The molecule has 1 aromatic heterocycles. The lowest BCUT2D eigenvalue weighted by Gasteiger charge is -2.10. The van der Waals surface area contributed by atoms with Crippen LogP contribution in [-0.2, 0) is 12.8 Å². The second-order valence-electron chi connectivity index (χ2n) is 5.61. The number of amides is 1. The van der Waals surface area contributed by atoms with Gasteiger partial charge in [-0.15, -0.1) is 11.3 Å². The molecule has 1 aliphatic carbocycles. The molecule has 0 spiro atoms. The number of fused-ring (bicyclic) bond motifs is 1. The fourth-order valence-electron chi connectivity index (χ4n) is 2.82. The third kappa shape index (κ3) is 2.95. The highest BCUT2D eigenvalue weighted by molar-refractivity contribution is 7.14. The number of nitrogens with two attached hydrogens (primary N) is 1. The molecular weight excluding hydrogens is 280 g/mol. The van der Waals surface area contributed by atoms with Gasteiger partial charge in [0.15, 0.2) is 0 Å². The predicted molar refractivity (Wildman–Crippen MR) is 89.1 cm³/mol. The molecule has 0 aliphatic heterocycles. The number of benzene rings is 1. The van der Waals surface area contributed by atoms with Crippen molar-refractivity contribution in [1.82, 2.24) is 0 Å². The normalized spacial score (nSPS) is 14.3. The van der Waals surface area contributed by atoms with Crippen molar-refractivity contribution in [3.63, 3.8) is 0 Å². The average molecular weight is 300 g/mol. The van der Waals surface area contributed by atoms with Crippen LogP contribution in [0, 0.1) is 6.92 Å². The largest absolute Gasteiger partial charge is 0.397 e. The quantitative estimate of drug-likeness (QED) is 0.646. The lowest BCUT2D eigenvalue weighted by Crippen LogP contribution is -2.12. The van der Waals surface area contributed by atoms with E-state index >= 15 is 0 Å². The zero-order valence-corrected chi connectivity index (χ0v) is 13.1. The SMILES string of the molecule is Cc1cccc(N)c1NC(=O)c1cc2c(s1)CCCCC2. The van der Waals surface area contributed by atoms with Crippen molar-refractivity contribution in [3.05, 3.63) is 45.1 Å². The zero-order valence-electron chi connectivity index (χ0n) is 12.2. The molecule has 0 saturated carbocycles. The molecule has 1 aliphatic rings. The summed E-state index contributed by atoms with van der Waals surface area (Å²) in [5.74, 6) is -0.0472. The highest BCUT2D eigenvalue weighted by Crippen LogP contribution is 2.30. The Hall–Kier alpha value is -1.81. The van der Waals surface area contributed by atoms with Crippen LogP contribution in [0.15, 0.2) is 24.3 Å². The smallest absolute Gasteiger partial charge is 0.265 e. The van der Waals surface area contributed by atoms with Crippen LogP contribution in [0.3, 0.4) is 0 Å². The van der Waals surface area contributed by atoms with Crippen molar-refractivity contribution in [3.8, 4) is 0 Å². The fraction of sp³-hybridized carbons (Fsp3) is 0.353. The molecule has 3 N–H and O–H groups in total. The summed E-state index contributed by atoms with van der Waals surface area (Å²) < 4.78 is 0. The Labute approximate surface area is 129 Å². The van der Waals surface area contributed by atoms with Crippen LogP contribution in [0.2, 0.25) is 0 Å². The Kier molecular flexibility index (Phi) is 3.97. The summed E-state index contributed by atoms with van der Waals surface area (Å²) in [7, 11) is 0. The van der Waals surface area contributed by atoms with E-state index in [1.165, 1.54) is 29.7 Å². The van der Waals surface area contributed by atoms with Gasteiger partial charge >= 0.3 is 0 Å². The van der Waals surface area contributed by atoms with Gasteiger partial charge in [-0.1, -0.05) is 18.6 Å². The number of hydrogen-bond acceptors (Lipinski definition) is 3. The first-order chi connectivity index (χ1) is 10.1. The maximum atomic E-state index is 12.5. The molecule has 1 aromatic carbocycles. The summed E-state index contributed by atoms with van der Waals surface area (Å²) >= 11 is 1.63. The van der Waals surface area contributed by atoms with Gasteiger partial charge < -0.3 is 11.1 Å². The molecule has 0 radical (unpaired) electrons. The highest BCUT2D eigenvalue weighted by Gasteiger charge is 2.17. The molecule has 0 fully saturated rings. The monoisotopic (exact) mass is 300 g/mol. The summed E-state index contributed by atoms with van der Waals surface area (Å²) in [4.78, 5) is 14.6. The lowest BCUT2D eigenvalue weighted by molar-refractivity contribution is 0.103. The van der Waals surface area contributed by atoms with Crippen LogP contribution in [-0.4, -0.2) is 5.91 Å². The number of hydrogen-bond donors (Lipinski definition) is 2. The molecule has 0 saturated heterocycles. The van der Waals surface area contributed by atoms with Gasteiger partial charge in [0.25, 0.3) is 5.91 Å². The molecule has 0 unspecified atom stereocenters. The van der Waals surface area contributed by atoms with Gasteiger partial charge in [0.1, 0.15) is 0 Å². The Bertz CT molecular complexity index is 632. The minimum absolute atomic E-state index is 0.0472. The Morgan fingerprint density at radius 2 is 2.05 bits per heavy atom. The molecule has 1 amide bonds. The molecule has 3 nitrogen and oxygen atoms in total. The van der Waals surface area contributed by atoms with Crippen LogP contribution in [0.25, 0.3) is 0 Å². The topological polar surface area (TPSA) is 55.1 Å². The minimum Gasteiger partial charge on any atom is -0.397 e. The second kappa shape index (κ2) is 5.90. The number of carbonyl (C=O) groups is 1. The van der Waals surface area contributed by atoms with E-state index in [2.05, 4.69) is 11.4 Å². The first-order valence-corrected chi connectivity index (χ1v) is 8.25. The van der Waals surface area contributed by atoms with Gasteiger partial charge in [0.2, 0.25) is 0 Å². The van der Waals surface area contributed by atoms with Gasteiger partial charge in [0, 0.05) is 4.88 Å². The molecule has 1 heterocycles.